The van der Waals surface area contributed by atoms with Crippen LogP contribution in [0.4, 0.5) is 0 Å². The van der Waals surface area contributed by atoms with Crippen LogP contribution in [0.2, 0.25) is 18.6 Å². The van der Waals surface area contributed by atoms with Gasteiger partial charge in [-0.3, -0.25) is 0 Å². The summed E-state index contributed by atoms with van der Waals surface area (Å²) in [7, 11) is -1.39. The molecule has 106 valence electrons. The van der Waals surface area contributed by atoms with Crippen LogP contribution >= 0.6 is 0 Å². The monoisotopic (exact) mass is 274 g/mol. The molecule has 0 bridgehead atoms. The van der Waals surface area contributed by atoms with E-state index in [0.717, 1.165) is 5.54 Å². The van der Waals surface area contributed by atoms with Gasteiger partial charge in [-0.25, -0.2) is 0 Å². The molecule has 19 heavy (non-hydrogen) atoms. The fourth-order valence-electron chi connectivity index (χ4n) is 2.80. The van der Waals surface area contributed by atoms with E-state index in [2.05, 4.69) is 70.3 Å². The van der Waals surface area contributed by atoms with E-state index in [1.165, 1.54) is 25.7 Å². The smallest absolute Gasteiger partial charge is 0.0848 e. The summed E-state index contributed by atoms with van der Waals surface area (Å²) < 4.78 is 0. The van der Waals surface area contributed by atoms with Crippen molar-refractivity contribution in [1.82, 2.24) is 0 Å². The average Bonchev–Trinajstić information content (AvgIpc) is 2.43. The molecular formula is C18H30Si. The van der Waals surface area contributed by atoms with Gasteiger partial charge in [-0.05, 0) is 25.3 Å². The minimum absolute atomic E-state index is 0.756. The molecule has 0 aliphatic carbocycles. The molecule has 0 aliphatic heterocycles. The van der Waals surface area contributed by atoms with E-state index in [0.29, 0.717) is 0 Å². The van der Waals surface area contributed by atoms with Gasteiger partial charge in [-0.1, -0.05) is 87.0 Å². The number of hydrogen-bond acceptors (Lipinski definition) is 0. The fourth-order valence-corrected chi connectivity index (χ4v) is 6.00. The molecule has 1 heteroatoms. The number of unbranched alkanes of at least 4 members (excludes halogenated alkanes) is 1. The molecule has 1 aromatic carbocycles. The highest BCUT2D eigenvalue weighted by Crippen LogP contribution is 2.29. The Morgan fingerprint density at radius 2 is 1.79 bits per heavy atom. The molecule has 0 aromatic heterocycles. The van der Waals surface area contributed by atoms with Crippen LogP contribution in [0.15, 0.2) is 42.0 Å². The molecular weight excluding hydrogens is 244 g/mol. The lowest BCUT2D eigenvalue weighted by Crippen LogP contribution is -2.45. The van der Waals surface area contributed by atoms with Crippen LogP contribution in [0.25, 0.3) is 0 Å². The van der Waals surface area contributed by atoms with E-state index in [9.17, 15) is 0 Å². The predicted octanol–water partition coefficient (Wildman–Crippen LogP) is 5.52. The summed E-state index contributed by atoms with van der Waals surface area (Å²) in [6.45, 7) is 12.0. The lowest BCUT2D eigenvalue weighted by molar-refractivity contribution is 0.778. The number of benzene rings is 1. The fraction of sp³-hybridized carbons (Fsp3) is 0.556. The first-order valence-electron chi connectivity index (χ1n) is 7.75. The van der Waals surface area contributed by atoms with Gasteiger partial charge >= 0.3 is 0 Å². The Labute approximate surface area is 121 Å². The van der Waals surface area contributed by atoms with Crippen molar-refractivity contribution in [2.24, 2.45) is 0 Å². The molecule has 0 heterocycles. The highest BCUT2D eigenvalue weighted by Gasteiger charge is 2.30. The normalized spacial score (nSPS) is 14.5. The summed E-state index contributed by atoms with van der Waals surface area (Å²) in [6, 6.07) is 11.1. The van der Waals surface area contributed by atoms with Crippen LogP contribution in [-0.4, -0.2) is 8.07 Å². The van der Waals surface area contributed by atoms with Gasteiger partial charge in [0.1, 0.15) is 0 Å². The van der Waals surface area contributed by atoms with Crippen molar-refractivity contribution < 1.29 is 0 Å². The Hall–Kier alpha value is -0.823. The van der Waals surface area contributed by atoms with Crippen molar-refractivity contribution in [1.29, 1.82) is 0 Å². The van der Waals surface area contributed by atoms with E-state index in [1.54, 1.807) is 10.8 Å². The van der Waals surface area contributed by atoms with Crippen LogP contribution in [-0.2, 0) is 0 Å². The largest absolute Gasteiger partial charge is 0.0873 e. The molecule has 0 nitrogen and oxygen atoms in total. The van der Waals surface area contributed by atoms with Crippen molar-refractivity contribution in [3.63, 3.8) is 0 Å². The molecule has 0 fully saturated rings. The van der Waals surface area contributed by atoms with Crippen molar-refractivity contribution in [3.8, 4) is 0 Å². The summed E-state index contributed by atoms with van der Waals surface area (Å²) in [4.78, 5) is 0. The maximum atomic E-state index is 2.58. The van der Waals surface area contributed by atoms with Gasteiger partial charge in [0.25, 0.3) is 0 Å². The number of allylic oxidation sites excluding steroid dienone is 2. The highest BCUT2D eigenvalue weighted by molar-refractivity contribution is 6.91. The number of rotatable bonds is 7. The summed E-state index contributed by atoms with van der Waals surface area (Å²) >= 11 is 0. The second-order valence-electron chi connectivity index (χ2n) is 6.22. The Morgan fingerprint density at radius 1 is 1.16 bits per heavy atom. The van der Waals surface area contributed by atoms with Crippen LogP contribution in [0.5, 0.6) is 0 Å². The molecule has 0 N–H and O–H groups in total. The molecule has 0 spiro atoms. The van der Waals surface area contributed by atoms with Gasteiger partial charge in [-0.2, -0.15) is 0 Å². The molecule has 0 unspecified atom stereocenters. The summed E-state index contributed by atoms with van der Waals surface area (Å²) in [5.74, 6) is 0. The van der Waals surface area contributed by atoms with Crippen molar-refractivity contribution in [3.05, 3.63) is 42.0 Å². The standard InChI is InChI=1S/C18H30Si/c1-6-8-12-16(3)15-17(7-2)19(4,5)18-13-10-9-11-14-18/h9-11,13-15,17H,6-8,12H2,1-5H3/b16-15+/t17-/m0/s1. The van der Waals surface area contributed by atoms with Crippen molar-refractivity contribution >= 4 is 13.3 Å². The van der Waals surface area contributed by atoms with Gasteiger partial charge in [0.2, 0.25) is 0 Å². The average molecular weight is 275 g/mol. The Kier molecular flexibility index (Phi) is 6.57. The Morgan fingerprint density at radius 3 is 2.32 bits per heavy atom. The second kappa shape index (κ2) is 7.69. The molecule has 0 saturated heterocycles. The predicted molar refractivity (Wildman–Crippen MR) is 90.9 cm³/mol. The lowest BCUT2D eigenvalue weighted by atomic mass is 10.1. The zero-order chi connectivity index (χ0) is 14.3. The van der Waals surface area contributed by atoms with Crippen LogP contribution in [0.1, 0.15) is 46.5 Å². The molecule has 1 rings (SSSR count). The maximum absolute atomic E-state index is 2.58. The number of hydrogen-bond donors (Lipinski definition) is 0. The third kappa shape index (κ3) is 4.65. The zero-order valence-corrected chi connectivity index (χ0v) is 14.4. The summed E-state index contributed by atoms with van der Waals surface area (Å²) in [5, 5.41) is 1.58. The second-order valence-corrected chi connectivity index (χ2v) is 11.0. The minimum Gasteiger partial charge on any atom is -0.0848 e. The maximum Gasteiger partial charge on any atom is 0.0873 e. The SMILES string of the molecule is CCCC/C(C)=C/[C@H](CC)[Si](C)(C)c1ccccc1. The van der Waals surface area contributed by atoms with Gasteiger partial charge in [0.05, 0.1) is 8.07 Å². The van der Waals surface area contributed by atoms with E-state index in [1.807, 2.05) is 0 Å². The first kappa shape index (κ1) is 16.2. The van der Waals surface area contributed by atoms with Crippen molar-refractivity contribution in [2.45, 2.75) is 65.1 Å². The molecule has 0 aliphatic rings. The van der Waals surface area contributed by atoms with Crippen LogP contribution in [0, 0.1) is 0 Å². The summed E-state index contributed by atoms with van der Waals surface area (Å²) in [6.07, 6.45) is 7.73. The van der Waals surface area contributed by atoms with Crippen molar-refractivity contribution in [2.75, 3.05) is 0 Å². The first-order valence-corrected chi connectivity index (χ1v) is 10.8. The molecule has 0 radical (unpaired) electrons. The van der Waals surface area contributed by atoms with E-state index < -0.39 is 8.07 Å². The third-order valence-corrected chi connectivity index (χ3v) is 8.55. The Bertz CT molecular complexity index is 389. The third-order valence-electron chi connectivity index (χ3n) is 4.29. The highest BCUT2D eigenvalue weighted by atomic mass is 28.3. The van der Waals surface area contributed by atoms with Crippen LogP contribution < -0.4 is 5.19 Å². The minimum atomic E-state index is -1.39. The Balaban J connectivity index is 2.89. The van der Waals surface area contributed by atoms with E-state index >= 15 is 0 Å². The topological polar surface area (TPSA) is 0 Å². The van der Waals surface area contributed by atoms with Crippen LogP contribution in [0.3, 0.4) is 0 Å². The summed E-state index contributed by atoms with van der Waals surface area (Å²) in [5.41, 5.74) is 2.34. The molecule has 1 atom stereocenters. The zero-order valence-electron chi connectivity index (χ0n) is 13.4. The van der Waals surface area contributed by atoms with E-state index in [4.69, 9.17) is 0 Å². The van der Waals surface area contributed by atoms with Gasteiger partial charge in [0, 0.05) is 0 Å². The van der Waals surface area contributed by atoms with Gasteiger partial charge in [-0.15, -0.1) is 0 Å². The van der Waals surface area contributed by atoms with E-state index in [-0.39, 0.29) is 0 Å². The molecule has 0 saturated carbocycles. The van der Waals surface area contributed by atoms with Gasteiger partial charge in [0.15, 0.2) is 0 Å². The lowest BCUT2D eigenvalue weighted by Gasteiger charge is -2.31. The molecule has 1 aromatic rings. The van der Waals surface area contributed by atoms with Gasteiger partial charge < -0.3 is 0 Å². The quantitative estimate of drug-likeness (QED) is 0.454. The molecule has 0 amide bonds. The first-order chi connectivity index (χ1) is 9.02.